The lowest BCUT2D eigenvalue weighted by atomic mass is 10.1. The second kappa shape index (κ2) is 7.54. The number of benzene rings is 2. The number of halogens is 1. The van der Waals surface area contributed by atoms with E-state index < -0.39 is 0 Å². The van der Waals surface area contributed by atoms with E-state index in [1.54, 1.807) is 16.2 Å². The largest absolute Gasteiger partial charge is 0.337 e. The quantitative estimate of drug-likeness (QED) is 0.599. The van der Waals surface area contributed by atoms with Crippen LogP contribution in [0.3, 0.4) is 0 Å². The fourth-order valence-electron chi connectivity index (χ4n) is 2.67. The average molecular weight is 373 g/mol. The van der Waals surface area contributed by atoms with Gasteiger partial charge in [0.05, 0.1) is 16.3 Å². The highest BCUT2D eigenvalue weighted by molar-refractivity contribution is 7.18. The average Bonchev–Trinajstić information content (AvgIpc) is 3.05. The molecule has 2 aromatic carbocycles. The van der Waals surface area contributed by atoms with E-state index in [9.17, 15) is 4.79 Å². The zero-order valence-corrected chi connectivity index (χ0v) is 16.2. The zero-order chi connectivity index (χ0) is 18.0. The third kappa shape index (κ3) is 4.02. The Morgan fingerprint density at radius 1 is 1.28 bits per heavy atom. The first kappa shape index (κ1) is 17.9. The summed E-state index contributed by atoms with van der Waals surface area (Å²) in [7, 11) is 1.85. The summed E-state index contributed by atoms with van der Waals surface area (Å²) >= 11 is 7.81. The van der Waals surface area contributed by atoms with Crippen LogP contribution in [-0.2, 0) is 11.2 Å². The number of aryl methyl sites for hydroxylation is 2. The first-order chi connectivity index (χ1) is 12.0. The van der Waals surface area contributed by atoms with Crippen LogP contribution in [0, 0.1) is 6.92 Å². The Morgan fingerprint density at radius 3 is 2.76 bits per heavy atom. The van der Waals surface area contributed by atoms with Crippen LogP contribution in [0.2, 0.25) is 5.02 Å². The predicted molar refractivity (Wildman–Crippen MR) is 105 cm³/mol. The third-order valence-corrected chi connectivity index (χ3v) is 6.12. The zero-order valence-electron chi connectivity index (χ0n) is 14.6. The summed E-state index contributed by atoms with van der Waals surface area (Å²) in [6.07, 6.45) is 1.15. The Morgan fingerprint density at radius 2 is 2.04 bits per heavy atom. The number of fused-ring (bicyclic) bond motifs is 1. The van der Waals surface area contributed by atoms with Crippen molar-refractivity contribution in [2.75, 3.05) is 7.05 Å². The van der Waals surface area contributed by atoms with Gasteiger partial charge in [-0.2, -0.15) is 0 Å². The molecule has 3 rings (SSSR count). The van der Waals surface area contributed by atoms with Gasteiger partial charge in [0.15, 0.2) is 0 Å². The van der Waals surface area contributed by atoms with E-state index in [1.165, 1.54) is 0 Å². The molecule has 0 radical (unpaired) electrons. The molecule has 1 atom stereocenters. The van der Waals surface area contributed by atoms with Crippen molar-refractivity contribution in [3.05, 3.63) is 63.6 Å². The number of aromatic nitrogens is 1. The second-order valence-electron chi connectivity index (χ2n) is 6.28. The van der Waals surface area contributed by atoms with Crippen molar-refractivity contribution < 1.29 is 4.79 Å². The van der Waals surface area contributed by atoms with Crippen molar-refractivity contribution in [1.29, 1.82) is 0 Å². The summed E-state index contributed by atoms with van der Waals surface area (Å²) in [4.78, 5) is 19.0. The number of hydrogen-bond acceptors (Lipinski definition) is 3. The highest BCUT2D eigenvalue weighted by Crippen LogP contribution is 2.29. The Labute approximate surface area is 157 Å². The maximum Gasteiger partial charge on any atom is 0.223 e. The number of hydrogen-bond donors (Lipinski definition) is 0. The first-order valence-electron chi connectivity index (χ1n) is 8.32. The fourth-order valence-corrected chi connectivity index (χ4v) is 3.94. The monoisotopic (exact) mass is 372 g/mol. The Bertz CT molecular complexity index is 873. The van der Waals surface area contributed by atoms with E-state index in [2.05, 4.69) is 11.1 Å². The van der Waals surface area contributed by atoms with E-state index >= 15 is 0 Å². The molecule has 3 aromatic rings. The van der Waals surface area contributed by atoms with Gasteiger partial charge in [-0.05, 0) is 49.6 Å². The van der Waals surface area contributed by atoms with Gasteiger partial charge in [-0.15, -0.1) is 11.3 Å². The van der Waals surface area contributed by atoms with Crippen molar-refractivity contribution in [2.24, 2.45) is 0 Å². The number of thiazole rings is 1. The standard InChI is InChI=1S/C20H21ClN2OS/c1-13-8-9-15(12-16(13)21)10-11-19(24)23(3)14(2)20-22-17-6-4-5-7-18(17)25-20/h4-9,12,14H,10-11H2,1-3H3/t14-/m1/s1. The van der Waals surface area contributed by atoms with Gasteiger partial charge in [0.2, 0.25) is 5.91 Å². The Balaban J connectivity index is 1.65. The van der Waals surface area contributed by atoms with Crippen molar-refractivity contribution in [3.63, 3.8) is 0 Å². The second-order valence-corrected chi connectivity index (χ2v) is 7.75. The molecule has 3 nitrogen and oxygen atoms in total. The van der Waals surface area contributed by atoms with Crippen LogP contribution in [-0.4, -0.2) is 22.8 Å². The maximum absolute atomic E-state index is 12.6. The van der Waals surface area contributed by atoms with Crippen LogP contribution in [0.15, 0.2) is 42.5 Å². The summed E-state index contributed by atoms with van der Waals surface area (Å²) in [6, 6.07) is 14.0. The van der Waals surface area contributed by atoms with Gasteiger partial charge in [-0.25, -0.2) is 4.98 Å². The van der Waals surface area contributed by atoms with Gasteiger partial charge in [0.25, 0.3) is 0 Å². The van der Waals surface area contributed by atoms with Crippen LogP contribution >= 0.6 is 22.9 Å². The predicted octanol–water partition coefficient (Wildman–Crippen LogP) is 5.41. The van der Waals surface area contributed by atoms with Crippen molar-refractivity contribution in [1.82, 2.24) is 9.88 Å². The molecule has 130 valence electrons. The van der Waals surface area contributed by atoms with Crippen LogP contribution in [0.25, 0.3) is 10.2 Å². The molecule has 0 aliphatic heterocycles. The minimum atomic E-state index is -0.0356. The van der Waals surface area contributed by atoms with E-state index in [-0.39, 0.29) is 11.9 Å². The minimum absolute atomic E-state index is 0.0356. The van der Waals surface area contributed by atoms with E-state index in [0.29, 0.717) is 12.8 Å². The third-order valence-electron chi connectivity index (χ3n) is 4.51. The van der Waals surface area contributed by atoms with Gasteiger partial charge < -0.3 is 4.90 Å². The number of carbonyl (C=O) groups excluding carboxylic acids is 1. The Kier molecular flexibility index (Phi) is 5.40. The lowest BCUT2D eigenvalue weighted by molar-refractivity contribution is -0.131. The lowest BCUT2D eigenvalue weighted by Gasteiger charge is -2.23. The van der Waals surface area contributed by atoms with Crippen molar-refractivity contribution in [3.8, 4) is 0 Å². The molecule has 0 unspecified atom stereocenters. The molecule has 0 aliphatic rings. The summed E-state index contributed by atoms with van der Waals surface area (Å²) in [6.45, 7) is 4.00. The number of rotatable bonds is 5. The van der Waals surface area contributed by atoms with E-state index in [0.717, 1.165) is 31.4 Å². The van der Waals surface area contributed by atoms with E-state index in [4.69, 9.17) is 11.6 Å². The first-order valence-corrected chi connectivity index (χ1v) is 9.51. The van der Waals surface area contributed by atoms with Crippen molar-refractivity contribution >= 4 is 39.1 Å². The topological polar surface area (TPSA) is 33.2 Å². The summed E-state index contributed by atoms with van der Waals surface area (Å²) in [5.41, 5.74) is 3.13. The molecule has 0 bridgehead atoms. The molecule has 0 aliphatic carbocycles. The molecule has 0 N–H and O–H groups in total. The number of carbonyl (C=O) groups is 1. The van der Waals surface area contributed by atoms with Crippen LogP contribution in [0.4, 0.5) is 0 Å². The summed E-state index contributed by atoms with van der Waals surface area (Å²) in [5.74, 6) is 0.114. The summed E-state index contributed by atoms with van der Waals surface area (Å²) in [5, 5.41) is 1.72. The van der Waals surface area contributed by atoms with Gasteiger partial charge in [-0.3, -0.25) is 4.79 Å². The number of nitrogens with zero attached hydrogens (tertiary/aromatic N) is 2. The maximum atomic E-state index is 12.6. The molecule has 0 saturated heterocycles. The van der Waals surface area contributed by atoms with Gasteiger partial charge in [0, 0.05) is 18.5 Å². The molecule has 0 fully saturated rings. The SMILES string of the molecule is Cc1ccc(CCC(=O)N(C)[C@H](C)c2nc3ccccc3s2)cc1Cl. The molecular formula is C20H21ClN2OS. The van der Waals surface area contributed by atoms with Crippen LogP contribution in [0.1, 0.15) is 35.5 Å². The number of amides is 1. The molecule has 5 heteroatoms. The molecule has 1 aromatic heterocycles. The Hall–Kier alpha value is -1.91. The van der Waals surface area contributed by atoms with E-state index in [1.807, 2.05) is 57.3 Å². The van der Waals surface area contributed by atoms with Crippen molar-refractivity contribution in [2.45, 2.75) is 32.7 Å². The molecular weight excluding hydrogens is 352 g/mol. The molecule has 1 heterocycles. The molecule has 1 amide bonds. The van der Waals surface area contributed by atoms with Gasteiger partial charge >= 0.3 is 0 Å². The van der Waals surface area contributed by atoms with Crippen LogP contribution < -0.4 is 0 Å². The fraction of sp³-hybridized carbons (Fsp3) is 0.300. The number of para-hydroxylation sites is 1. The summed E-state index contributed by atoms with van der Waals surface area (Å²) < 4.78 is 1.15. The molecule has 0 saturated carbocycles. The van der Waals surface area contributed by atoms with Crippen LogP contribution in [0.5, 0.6) is 0 Å². The highest BCUT2D eigenvalue weighted by Gasteiger charge is 2.20. The van der Waals surface area contributed by atoms with Gasteiger partial charge in [-0.1, -0.05) is 35.9 Å². The lowest BCUT2D eigenvalue weighted by Crippen LogP contribution is -2.29. The smallest absolute Gasteiger partial charge is 0.223 e. The van der Waals surface area contributed by atoms with Gasteiger partial charge in [0.1, 0.15) is 5.01 Å². The molecule has 25 heavy (non-hydrogen) atoms. The molecule has 0 spiro atoms. The highest BCUT2D eigenvalue weighted by atomic mass is 35.5. The normalized spacial score (nSPS) is 12.3. The minimum Gasteiger partial charge on any atom is -0.337 e.